The smallest absolute Gasteiger partial charge is 0.128 e. The Morgan fingerprint density at radius 2 is 1.96 bits per heavy atom. The van der Waals surface area contributed by atoms with Gasteiger partial charge in [-0.1, -0.05) is 60.0 Å². The molecule has 0 bridgehead atoms. The van der Waals surface area contributed by atoms with E-state index in [0.717, 1.165) is 11.7 Å². The summed E-state index contributed by atoms with van der Waals surface area (Å²) in [6, 6.07) is 0. The highest BCUT2D eigenvalue weighted by atomic mass is 32.2. The number of allylic oxidation sites excluding steroid dienone is 2. The summed E-state index contributed by atoms with van der Waals surface area (Å²) in [6.45, 7) is 13.8. The molecule has 0 N–H and O–H groups in total. The molecule has 0 spiro atoms. The molecule has 0 heterocycles. The molecule has 0 aromatic rings. The number of hydrogen-bond acceptors (Lipinski definition) is 2. The van der Waals surface area contributed by atoms with E-state index in [2.05, 4.69) is 60.0 Å². The fourth-order valence-corrected chi connectivity index (χ4v) is 4.71. The molecule has 0 radical (unpaired) electrons. The number of unbranched alkanes of at least 4 members (excludes halogenated alkanes) is 1. The molecular formula is C23H42OS. The monoisotopic (exact) mass is 366 g/mol. The summed E-state index contributed by atoms with van der Waals surface area (Å²) in [4.78, 5) is 1.34. The van der Waals surface area contributed by atoms with Crippen molar-refractivity contribution in [2.24, 2.45) is 23.7 Å². The summed E-state index contributed by atoms with van der Waals surface area (Å²) >= 11 is 1.85. The molecule has 1 aliphatic rings. The lowest BCUT2D eigenvalue weighted by molar-refractivity contribution is 0.00274. The lowest BCUT2D eigenvalue weighted by Crippen LogP contribution is -2.34. The largest absolute Gasteiger partial charge is 0.489 e. The van der Waals surface area contributed by atoms with Gasteiger partial charge < -0.3 is 4.74 Å². The van der Waals surface area contributed by atoms with E-state index in [0.29, 0.717) is 23.9 Å². The van der Waals surface area contributed by atoms with Crippen LogP contribution in [0.3, 0.4) is 0 Å². The predicted octanol–water partition coefficient (Wildman–Crippen LogP) is 7.83. The summed E-state index contributed by atoms with van der Waals surface area (Å²) in [5.74, 6) is 3.97. The molecule has 0 unspecified atom stereocenters. The topological polar surface area (TPSA) is 9.23 Å². The average Bonchev–Trinajstić information content (AvgIpc) is 2.60. The predicted molar refractivity (Wildman–Crippen MR) is 115 cm³/mol. The molecule has 2 heteroatoms. The Kier molecular flexibility index (Phi) is 11.0. The highest BCUT2D eigenvalue weighted by Crippen LogP contribution is 2.38. The molecule has 0 amide bonds. The van der Waals surface area contributed by atoms with Gasteiger partial charge in [0.2, 0.25) is 0 Å². The first-order valence-corrected chi connectivity index (χ1v) is 11.8. The first kappa shape index (κ1) is 22.7. The summed E-state index contributed by atoms with van der Waals surface area (Å²) in [5, 5.41) is 0. The molecular weight excluding hydrogens is 324 g/mol. The Bertz CT molecular complexity index is 424. The minimum atomic E-state index is 0.376. The van der Waals surface area contributed by atoms with Gasteiger partial charge in [0.1, 0.15) is 11.9 Å². The van der Waals surface area contributed by atoms with Gasteiger partial charge in [0, 0.05) is 4.91 Å². The maximum Gasteiger partial charge on any atom is 0.128 e. The molecule has 0 aromatic carbocycles. The second-order valence-electron chi connectivity index (χ2n) is 8.18. The van der Waals surface area contributed by atoms with E-state index < -0.39 is 0 Å². The summed E-state index contributed by atoms with van der Waals surface area (Å²) in [5.41, 5.74) is 0. The van der Waals surface area contributed by atoms with Crippen LogP contribution < -0.4 is 0 Å². The maximum absolute atomic E-state index is 6.66. The Labute approximate surface area is 162 Å². The van der Waals surface area contributed by atoms with Gasteiger partial charge in [-0.25, -0.2) is 0 Å². The quantitative estimate of drug-likeness (QED) is 0.288. The van der Waals surface area contributed by atoms with Gasteiger partial charge in [-0.15, -0.1) is 11.8 Å². The van der Waals surface area contributed by atoms with Crippen molar-refractivity contribution in [3.05, 3.63) is 22.8 Å². The van der Waals surface area contributed by atoms with Crippen LogP contribution in [0.25, 0.3) is 0 Å². The minimum Gasteiger partial charge on any atom is -0.489 e. The van der Waals surface area contributed by atoms with Gasteiger partial charge in [0.05, 0.1) is 0 Å². The molecule has 4 atom stereocenters. The van der Waals surface area contributed by atoms with E-state index in [4.69, 9.17) is 4.74 Å². The second kappa shape index (κ2) is 12.1. The molecule has 0 aliphatic heterocycles. The zero-order valence-corrected chi connectivity index (χ0v) is 18.6. The highest BCUT2D eigenvalue weighted by molar-refractivity contribution is 8.02. The van der Waals surface area contributed by atoms with Gasteiger partial charge in [-0.3, -0.25) is 0 Å². The molecule has 1 rings (SSSR count). The van der Waals surface area contributed by atoms with E-state index >= 15 is 0 Å². The molecule has 1 aliphatic carbocycles. The van der Waals surface area contributed by atoms with Crippen LogP contribution in [-0.2, 0) is 4.74 Å². The fourth-order valence-electron chi connectivity index (χ4n) is 4.02. The van der Waals surface area contributed by atoms with E-state index in [1.165, 1.54) is 49.9 Å². The van der Waals surface area contributed by atoms with Crippen molar-refractivity contribution < 1.29 is 4.74 Å². The van der Waals surface area contributed by atoms with Crippen molar-refractivity contribution in [3.8, 4) is 0 Å². The van der Waals surface area contributed by atoms with Crippen molar-refractivity contribution in [1.82, 2.24) is 0 Å². The van der Waals surface area contributed by atoms with Crippen molar-refractivity contribution >= 4 is 11.8 Å². The van der Waals surface area contributed by atoms with E-state index in [9.17, 15) is 0 Å². The Hall–Kier alpha value is -0.370. The lowest BCUT2D eigenvalue weighted by atomic mass is 9.75. The van der Waals surface area contributed by atoms with Gasteiger partial charge >= 0.3 is 0 Å². The minimum absolute atomic E-state index is 0.376. The van der Waals surface area contributed by atoms with Crippen LogP contribution in [0.5, 0.6) is 0 Å². The van der Waals surface area contributed by atoms with Crippen molar-refractivity contribution in [1.29, 1.82) is 0 Å². The fraction of sp³-hybridized carbons (Fsp3) is 0.826. The highest BCUT2D eigenvalue weighted by Gasteiger charge is 2.33. The van der Waals surface area contributed by atoms with Gasteiger partial charge in [-0.2, -0.15) is 0 Å². The summed E-state index contributed by atoms with van der Waals surface area (Å²) < 4.78 is 6.66. The number of ether oxygens (including phenoxy) is 1. The third-order valence-electron chi connectivity index (χ3n) is 5.80. The summed E-state index contributed by atoms with van der Waals surface area (Å²) in [7, 11) is 0. The van der Waals surface area contributed by atoms with Crippen molar-refractivity contribution in [3.63, 3.8) is 0 Å². The Balaban J connectivity index is 2.89. The molecule has 0 aromatic heterocycles. The second-order valence-corrected chi connectivity index (χ2v) is 9.03. The molecule has 0 saturated heterocycles. The van der Waals surface area contributed by atoms with Crippen LogP contribution >= 0.6 is 11.8 Å². The van der Waals surface area contributed by atoms with Gasteiger partial charge in [0.15, 0.2) is 0 Å². The Morgan fingerprint density at radius 3 is 2.48 bits per heavy atom. The van der Waals surface area contributed by atoms with Gasteiger partial charge in [-0.05, 0) is 68.6 Å². The normalized spacial score (nSPS) is 26.8. The van der Waals surface area contributed by atoms with Crippen molar-refractivity contribution in [2.45, 2.75) is 92.6 Å². The third kappa shape index (κ3) is 7.41. The molecule has 1 nitrogen and oxygen atoms in total. The van der Waals surface area contributed by atoms with Crippen LogP contribution in [0, 0.1) is 23.7 Å². The standard InChI is InChI=1S/C23H42OS/c1-8-11-12-19(9-2)16-23(25-7)21(10-3)24-22-15-18(6)13-14-20(22)17(4)5/h10,16-20,22H,8-9,11-15H2,1-7H3/b21-10-,23-16+/t18-,19+,20+,22-/m1/s1. The lowest BCUT2D eigenvalue weighted by Gasteiger charge is -2.38. The third-order valence-corrected chi connectivity index (χ3v) is 6.58. The van der Waals surface area contributed by atoms with Crippen LogP contribution in [0.2, 0.25) is 0 Å². The van der Waals surface area contributed by atoms with Crippen molar-refractivity contribution in [2.75, 3.05) is 6.26 Å². The zero-order chi connectivity index (χ0) is 18.8. The summed E-state index contributed by atoms with van der Waals surface area (Å²) in [6.07, 6.45) is 16.2. The molecule has 25 heavy (non-hydrogen) atoms. The van der Waals surface area contributed by atoms with Crippen LogP contribution in [0.4, 0.5) is 0 Å². The molecule has 146 valence electrons. The first-order valence-electron chi connectivity index (χ1n) is 10.6. The van der Waals surface area contributed by atoms with Crippen LogP contribution in [-0.4, -0.2) is 12.4 Å². The van der Waals surface area contributed by atoms with Crippen LogP contribution in [0.1, 0.15) is 86.5 Å². The van der Waals surface area contributed by atoms with Crippen LogP contribution in [0.15, 0.2) is 22.8 Å². The van der Waals surface area contributed by atoms with Gasteiger partial charge in [0.25, 0.3) is 0 Å². The first-order chi connectivity index (χ1) is 12.0. The molecule has 1 saturated carbocycles. The molecule has 1 fully saturated rings. The van der Waals surface area contributed by atoms with E-state index in [1.807, 2.05) is 11.8 Å². The van der Waals surface area contributed by atoms with E-state index in [1.54, 1.807) is 0 Å². The number of rotatable bonds is 10. The zero-order valence-electron chi connectivity index (χ0n) is 17.8. The van der Waals surface area contributed by atoms with E-state index in [-0.39, 0.29) is 0 Å². The number of hydrogen-bond donors (Lipinski definition) is 0. The average molecular weight is 367 g/mol. The SMILES string of the molecule is C/C=C(O[C@@H]1C[C@H](C)CC[C@H]1C(C)C)/C(=C\[C@@H](CC)CCCC)SC. The number of thioether (sulfide) groups is 1. The maximum atomic E-state index is 6.66. The Morgan fingerprint density at radius 1 is 1.24 bits per heavy atom.